The zero-order valence-electron chi connectivity index (χ0n) is 11.1. The molecule has 0 atom stereocenters. The molecule has 0 saturated heterocycles. The summed E-state index contributed by atoms with van der Waals surface area (Å²) in [4.78, 5) is 8.87. The van der Waals surface area contributed by atoms with E-state index < -0.39 is 0 Å². The van der Waals surface area contributed by atoms with Gasteiger partial charge in [0.05, 0.1) is 0 Å². The van der Waals surface area contributed by atoms with Gasteiger partial charge in [-0.3, -0.25) is 0 Å². The van der Waals surface area contributed by atoms with E-state index in [1.54, 1.807) is 0 Å². The molecule has 2 N–H and O–H groups in total. The summed E-state index contributed by atoms with van der Waals surface area (Å²) in [6.45, 7) is 6.70. The van der Waals surface area contributed by atoms with Crippen molar-refractivity contribution in [3.63, 3.8) is 0 Å². The van der Waals surface area contributed by atoms with Crippen LogP contribution in [-0.2, 0) is 0 Å². The zero-order valence-corrected chi connectivity index (χ0v) is 11.9. The summed E-state index contributed by atoms with van der Waals surface area (Å²) in [5, 5.41) is 13.0. The highest BCUT2D eigenvalue weighted by Gasteiger charge is 2.28. The minimum absolute atomic E-state index is 0.132. The number of aromatic nitrogens is 2. The minimum Gasteiger partial charge on any atom is -0.396 e. The number of nitrogens with one attached hydrogen (secondary N) is 1. The van der Waals surface area contributed by atoms with Crippen molar-refractivity contribution >= 4 is 17.4 Å². The zero-order chi connectivity index (χ0) is 13.3. The van der Waals surface area contributed by atoms with Crippen LogP contribution in [0.2, 0.25) is 5.15 Å². The normalized spacial score (nSPS) is 15.8. The molecule has 5 heteroatoms. The number of hydrogen-bond donors (Lipinski definition) is 2. The lowest BCUT2D eigenvalue weighted by Crippen LogP contribution is -2.27. The van der Waals surface area contributed by atoms with Crippen molar-refractivity contribution in [2.75, 3.05) is 18.5 Å². The van der Waals surface area contributed by atoms with Crippen LogP contribution in [-0.4, -0.2) is 28.2 Å². The van der Waals surface area contributed by atoms with Crippen LogP contribution in [0.5, 0.6) is 0 Å². The van der Waals surface area contributed by atoms with E-state index in [0.717, 1.165) is 30.0 Å². The fourth-order valence-corrected chi connectivity index (χ4v) is 1.76. The van der Waals surface area contributed by atoms with Crippen LogP contribution in [0, 0.1) is 12.3 Å². The van der Waals surface area contributed by atoms with Crippen molar-refractivity contribution < 1.29 is 5.11 Å². The molecule has 0 aliphatic heterocycles. The Labute approximate surface area is 113 Å². The Kier molecular flexibility index (Phi) is 3.78. The van der Waals surface area contributed by atoms with Crippen molar-refractivity contribution in [2.45, 2.75) is 39.5 Å². The maximum Gasteiger partial charge on any atom is 0.137 e. The summed E-state index contributed by atoms with van der Waals surface area (Å²) in [6.07, 6.45) is 2.31. The molecule has 0 aromatic carbocycles. The Bertz CT molecular complexity index is 444. The highest BCUT2D eigenvalue weighted by molar-refractivity contribution is 6.30. The number of aliphatic hydroxyl groups excluding tert-OH is 1. The first-order valence-corrected chi connectivity index (χ1v) is 6.69. The number of anilines is 1. The van der Waals surface area contributed by atoms with Gasteiger partial charge in [0.2, 0.25) is 0 Å². The maximum absolute atomic E-state index is 9.25. The third kappa shape index (κ3) is 3.12. The van der Waals surface area contributed by atoms with E-state index in [1.807, 2.05) is 20.8 Å². The van der Waals surface area contributed by atoms with Gasteiger partial charge in [0.1, 0.15) is 16.8 Å². The molecule has 0 unspecified atom stereocenters. The smallest absolute Gasteiger partial charge is 0.137 e. The highest BCUT2D eigenvalue weighted by Crippen LogP contribution is 2.39. The molecule has 1 saturated carbocycles. The summed E-state index contributed by atoms with van der Waals surface area (Å²) in [7, 11) is 0. The van der Waals surface area contributed by atoms with Crippen molar-refractivity contribution in [3.05, 3.63) is 16.5 Å². The first kappa shape index (κ1) is 13.6. The lowest BCUT2D eigenvalue weighted by Gasteiger charge is -2.23. The van der Waals surface area contributed by atoms with Crippen LogP contribution in [0.25, 0.3) is 0 Å². The van der Waals surface area contributed by atoms with Gasteiger partial charge in [-0.2, -0.15) is 0 Å². The summed E-state index contributed by atoms with van der Waals surface area (Å²) in [5.74, 6) is 2.11. The molecule has 1 aliphatic rings. The Morgan fingerprint density at radius 2 is 2.06 bits per heavy atom. The Hall–Kier alpha value is -0.870. The minimum atomic E-state index is -0.177. The molecular formula is C13H20ClN3O. The van der Waals surface area contributed by atoms with E-state index in [2.05, 4.69) is 15.3 Å². The third-order valence-corrected chi connectivity index (χ3v) is 3.58. The van der Waals surface area contributed by atoms with Gasteiger partial charge in [0, 0.05) is 30.0 Å². The summed E-state index contributed by atoms with van der Waals surface area (Å²) in [5.41, 5.74) is 0.693. The molecule has 4 nitrogen and oxygen atoms in total. The number of nitrogens with zero attached hydrogens (tertiary/aromatic N) is 2. The van der Waals surface area contributed by atoms with Gasteiger partial charge in [-0.05, 0) is 19.8 Å². The molecule has 1 heterocycles. The topological polar surface area (TPSA) is 58.0 Å². The Morgan fingerprint density at radius 3 is 2.61 bits per heavy atom. The Balaban J connectivity index is 2.16. The maximum atomic E-state index is 9.25. The summed E-state index contributed by atoms with van der Waals surface area (Å²) < 4.78 is 0. The molecule has 1 aliphatic carbocycles. The third-order valence-electron chi connectivity index (χ3n) is 3.21. The largest absolute Gasteiger partial charge is 0.396 e. The molecule has 0 radical (unpaired) electrons. The molecule has 1 aromatic rings. The second-order valence-corrected chi connectivity index (χ2v) is 6.15. The SMILES string of the molecule is Cc1c(Cl)nc(C2CC2)nc1NCC(C)(C)CO. The second-order valence-electron chi connectivity index (χ2n) is 5.80. The lowest BCUT2D eigenvalue weighted by atomic mass is 9.95. The van der Waals surface area contributed by atoms with E-state index in [0.29, 0.717) is 17.6 Å². The number of rotatable bonds is 5. The van der Waals surface area contributed by atoms with Crippen LogP contribution in [0.15, 0.2) is 0 Å². The predicted molar refractivity (Wildman–Crippen MR) is 73.1 cm³/mol. The van der Waals surface area contributed by atoms with Gasteiger partial charge >= 0.3 is 0 Å². The molecule has 0 spiro atoms. The van der Waals surface area contributed by atoms with E-state index in [4.69, 9.17) is 11.6 Å². The van der Waals surface area contributed by atoms with E-state index in [-0.39, 0.29) is 12.0 Å². The fraction of sp³-hybridized carbons (Fsp3) is 0.692. The fourth-order valence-electron chi connectivity index (χ4n) is 1.58. The molecule has 1 fully saturated rings. The van der Waals surface area contributed by atoms with Crippen molar-refractivity contribution in [2.24, 2.45) is 5.41 Å². The van der Waals surface area contributed by atoms with Crippen LogP contribution < -0.4 is 5.32 Å². The molecule has 0 bridgehead atoms. The van der Waals surface area contributed by atoms with Gasteiger partial charge < -0.3 is 10.4 Å². The molecule has 1 aromatic heterocycles. The standard InChI is InChI=1S/C13H20ClN3O/c1-8-10(14)16-12(9-4-5-9)17-11(8)15-6-13(2,3)7-18/h9,18H,4-7H2,1-3H3,(H,15,16,17). The van der Waals surface area contributed by atoms with Gasteiger partial charge in [-0.1, -0.05) is 25.4 Å². The van der Waals surface area contributed by atoms with E-state index >= 15 is 0 Å². The first-order valence-electron chi connectivity index (χ1n) is 6.32. The monoisotopic (exact) mass is 269 g/mol. The molecule has 0 amide bonds. The first-order chi connectivity index (χ1) is 8.43. The molecule has 100 valence electrons. The van der Waals surface area contributed by atoms with Gasteiger partial charge in [-0.25, -0.2) is 9.97 Å². The summed E-state index contributed by atoms with van der Waals surface area (Å²) >= 11 is 6.13. The second kappa shape index (κ2) is 5.02. The van der Waals surface area contributed by atoms with E-state index in [9.17, 15) is 5.11 Å². The number of halogens is 1. The average Bonchev–Trinajstić information content (AvgIpc) is 3.15. The van der Waals surface area contributed by atoms with Crippen LogP contribution >= 0.6 is 11.6 Å². The van der Waals surface area contributed by atoms with Gasteiger partial charge in [0.25, 0.3) is 0 Å². The molecular weight excluding hydrogens is 250 g/mol. The van der Waals surface area contributed by atoms with Gasteiger partial charge in [0.15, 0.2) is 0 Å². The molecule has 18 heavy (non-hydrogen) atoms. The van der Waals surface area contributed by atoms with Crippen molar-refractivity contribution in [1.29, 1.82) is 0 Å². The van der Waals surface area contributed by atoms with Crippen LogP contribution in [0.4, 0.5) is 5.82 Å². The summed E-state index contributed by atoms with van der Waals surface area (Å²) in [6, 6.07) is 0. The average molecular weight is 270 g/mol. The van der Waals surface area contributed by atoms with Crippen LogP contribution in [0.1, 0.15) is 44.0 Å². The number of aliphatic hydroxyl groups is 1. The van der Waals surface area contributed by atoms with Crippen molar-refractivity contribution in [3.8, 4) is 0 Å². The Morgan fingerprint density at radius 1 is 1.39 bits per heavy atom. The van der Waals surface area contributed by atoms with Gasteiger partial charge in [-0.15, -0.1) is 0 Å². The number of hydrogen-bond acceptors (Lipinski definition) is 4. The quantitative estimate of drug-likeness (QED) is 0.807. The predicted octanol–water partition coefficient (Wildman–Crippen LogP) is 2.75. The van der Waals surface area contributed by atoms with E-state index in [1.165, 1.54) is 0 Å². The molecule has 2 rings (SSSR count). The van der Waals surface area contributed by atoms with Crippen LogP contribution in [0.3, 0.4) is 0 Å². The van der Waals surface area contributed by atoms with Crippen molar-refractivity contribution in [1.82, 2.24) is 9.97 Å². The highest BCUT2D eigenvalue weighted by atomic mass is 35.5. The lowest BCUT2D eigenvalue weighted by molar-refractivity contribution is 0.170.